The molecule has 2 N–H and O–H groups in total. The van der Waals surface area contributed by atoms with Gasteiger partial charge in [0.05, 0.1) is 29.8 Å². The number of nitrogens with zero attached hydrogens (tertiary/aromatic N) is 3. The first kappa shape index (κ1) is 24.0. The first-order valence-electron chi connectivity index (χ1n) is 6.15. The lowest BCUT2D eigenvalue weighted by atomic mass is 10.3. The van der Waals surface area contributed by atoms with E-state index in [1.165, 1.54) is 4.90 Å². The lowest BCUT2D eigenvalue weighted by Crippen LogP contribution is -2.58. The van der Waals surface area contributed by atoms with Crippen molar-refractivity contribution in [2.45, 2.75) is 0 Å². The highest BCUT2D eigenvalue weighted by molar-refractivity contribution is 6.03. The Hall–Kier alpha value is -1.97. The summed E-state index contributed by atoms with van der Waals surface area (Å²) < 4.78 is 65.4. The lowest BCUT2D eigenvalue weighted by Gasteiger charge is -2.14. The Balaban J connectivity index is 0.000000520. The van der Waals surface area contributed by atoms with Gasteiger partial charge in [-0.2, -0.15) is 28.0 Å². The highest BCUT2D eigenvalue weighted by Gasteiger charge is 2.14. The zero-order chi connectivity index (χ0) is 20.4. The van der Waals surface area contributed by atoms with Gasteiger partial charge in [0.2, 0.25) is 0 Å². The van der Waals surface area contributed by atoms with Crippen LogP contribution >= 0.6 is 0 Å². The third-order valence-corrected chi connectivity index (χ3v) is 2.18. The number of rotatable bonds is 2. The Morgan fingerprint density at radius 1 is 0.885 bits per heavy atom. The van der Waals surface area contributed by atoms with Crippen LogP contribution in [0.3, 0.4) is 0 Å². The molecule has 2 heterocycles. The first-order valence-corrected chi connectivity index (χ1v) is 8.68. The van der Waals surface area contributed by atoms with E-state index in [4.69, 9.17) is 37.3 Å². The smallest absolute Gasteiger partial charge is 0.277 e. The summed E-state index contributed by atoms with van der Waals surface area (Å²) in [6.07, 6.45) is 3.25. The number of carbonyl (C=O) groups excluding carboxylic acids is 1. The Bertz CT molecular complexity index is 626. The topological polar surface area (TPSA) is 225 Å². The Morgan fingerprint density at radius 2 is 1.31 bits per heavy atom. The maximum atomic E-state index is 12.0. The highest BCUT2D eigenvalue weighted by Crippen LogP contribution is 2.09. The van der Waals surface area contributed by atoms with Crippen LogP contribution in [0, 0.1) is 20.5 Å². The standard InChI is InChI=1S/C12H11N3O.2ClHO4/c1-15(11-7-3-5-9-14-11)12(16)10-6-2-4-8-13-10;2*2-1(3,4)5/h2-9H,1H3;2*(H,2,3,4,5). The maximum Gasteiger partial charge on any atom is 0.277 e. The van der Waals surface area contributed by atoms with E-state index in [0.717, 1.165) is 0 Å². The molecule has 26 heavy (non-hydrogen) atoms. The van der Waals surface area contributed by atoms with Gasteiger partial charge in [-0.25, -0.2) is 4.98 Å². The second kappa shape index (κ2) is 10.9. The van der Waals surface area contributed by atoms with Gasteiger partial charge in [-0.3, -0.25) is 14.7 Å². The van der Waals surface area contributed by atoms with E-state index in [1.807, 2.05) is 12.1 Å². The maximum absolute atomic E-state index is 12.0. The third-order valence-electron chi connectivity index (χ3n) is 2.18. The minimum absolute atomic E-state index is 0.167. The van der Waals surface area contributed by atoms with Crippen molar-refractivity contribution in [3.05, 3.63) is 54.5 Å². The number of pyridine rings is 2. The number of aromatic nitrogens is 2. The molecule has 0 saturated heterocycles. The molecule has 0 saturated carbocycles. The van der Waals surface area contributed by atoms with Crippen LogP contribution in [0.2, 0.25) is 0 Å². The van der Waals surface area contributed by atoms with Crippen LogP contribution < -0.4 is 32.9 Å². The molecule has 0 bridgehead atoms. The van der Waals surface area contributed by atoms with E-state index >= 15 is 0 Å². The van der Waals surface area contributed by atoms with Gasteiger partial charge in [0.25, 0.3) is 5.91 Å². The largest absolute Gasteiger partial charge is 0.294 e. The van der Waals surface area contributed by atoms with E-state index in [-0.39, 0.29) is 5.91 Å². The zero-order valence-corrected chi connectivity index (χ0v) is 14.5. The van der Waals surface area contributed by atoms with Gasteiger partial charge < -0.3 is 0 Å². The molecule has 0 atom stereocenters. The van der Waals surface area contributed by atoms with Gasteiger partial charge in [-0.15, -0.1) is 0 Å². The third kappa shape index (κ3) is 14.4. The predicted octanol–water partition coefficient (Wildman–Crippen LogP) is -6.49. The molecule has 2 aromatic heterocycles. The number of carbonyl (C=O) groups is 1. The van der Waals surface area contributed by atoms with Crippen LogP contribution in [-0.2, 0) is 0 Å². The molecule has 0 spiro atoms. The molecule has 0 unspecified atom stereocenters. The van der Waals surface area contributed by atoms with Crippen molar-refractivity contribution in [3.63, 3.8) is 0 Å². The van der Waals surface area contributed by atoms with E-state index in [2.05, 4.69) is 9.97 Å². The summed E-state index contributed by atoms with van der Waals surface area (Å²) in [4.78, 5) is 21.6. The molecule has 0 aliphatic carbocycles. The molecule has 144 valence electrons. The molecule has 0 radical (unpaired) electrons. The van der Waals surface area contributed by atoms with Crippen LogP contribution in [0.4, 0.5) is 5.82 Å². The van der Waals surface area contributed by atoms with E-state index in [0.29, 0.717) is 11.5 Å². The molecule has 0 aliphatic rings. The molecule has 0 fully saturated rings. The Labute approximate surface area is 151 Å². The summed E-state index contributed by atoms with van der Waals surface area (Å²) in [5.41, 5.74) is 0.413. The van der Waals surface area contributed by atoms with Crippen molar-refractivity contribution in [3.8, 4) is 0 Å². The monoisotopic (exact) mass is 413 g/mol. The second-order valence-electron chi connectivity index (χ2n) is 4.06. The minimum Gasteiger partial charge on any atom is -0.294 e. The second-order valence-corrected chi connectivity index (χ2v) is 5.64. The van der Waals surface area contributed by atoms with Gasteiger partial charge in [-0.1, -0.05) is 12.1 Å². The van der Waals surface area contributed by atoms with Crippen LogP contribution in [0.25, 0.3) is 0 Å². The minimum atomic E-state index is -4.69. The molecule has 2 aromatic rings. The Morgan fingerprint density at radius 3 is 1.65 bits per heavy atom. The van der Waals surface area contributed by atoms with Crippen LogP contribution in [0.5, 0.6) is 0 Å². The number of hydrogen-bond donors (Lipinski definition) is 2. The lowest BCUT2D eigenvalue weighted by molar-refractivity contribution is -1.92. The summed E-state index contributed by atoms with van der Waals surface area (Å²) in [7, 11) is -7.71. The predicted molar refractivity (Wildman–Crippen MR) is 65.6 cm³/mol. The molecule has 0 aromatic carbocycles. The summed E-state index contributed by atoms with van der Waals surface area (Å²) in [6.45, 7) is 0. The van der Waals surface area contributed by atoms with Crippen molar-refractivity contribution < 1.29 is 62.6 Å². The van der Waals surface area contributed by atoms with Crippen LogP contribution in [0.15, 0.2) is 48.8 Å². The molecular formula is C12H13Cl2N3O9. The number of amides is 1. The summed E-state index contributed by atoms with van der Waals surface area (Å²) in [5.74, 6) is 0.442. The summed E-state index contributed by atoms with van der Waals surface area (Å²) in [6, 6.07) is 10.7. The average molecular weight is 414 g/mol. The Kier molecular flexibility index (Phi) is 10.1. The fraction of sp³-hybridized carbons (Fsp3) is 0.0833. The van der Waals surface area contributed by atoms with Crippen molar-refractivity contribution >= 4 is 11.7 Å². The molecule has 1 amide bonds. The van der Waals surface area contributed by atoms with E-state index in [9.17, 15) is 4.79 Å². The van der Waals surface area contributed by atoms with Crippen molar-refractivity contribution in [2.75, 3.05) is 11.9 Å². The van der Waals surface area contributed by atoms with E-state index < -0.39 is 20.5 Å². The van der Waals surface area contributed by atoms with Crippen molar-refractivity contribution in [1.82, 2.24) is 9.97 Å². The van der Waals surface area contributed by atoms with Gasteiger partial charge >= 0.3 is 0 Å². The fourth-order valence-electron chi connectivity index (χ4n) is 1.32. The van der Waals surface area contributed by atoms with Gasteiger partial charge in [0, 0.05) is 19.4 Å². The normalized spacial score (nSPS) is 10.7. The number of hydrogen-bond acceptors (Lipinski definition) is 11. The molecule has 12 nitrogen and oxygen atoms in total. The molecule has 0 aliphatic heterocycles. The first-order chi connectivity index (χ1) is 11.8. The zero-order valence-electron chi connectivity index (χ0n) is 13.0. The highest BCUT2D eigenvalue weighted by atomic mass is 35.7. The average Bonchev–Trinajstić information content (AvgIpc) is 2.52. The molecule has 14 heteroatoms. The van der Waals surface area contributed by atoms with Crippen LogP contribution in [0.1, 0.15) is 10.5 Å². The van der Waals surface area contributed by atoms with Gasteiger partial charge in [0.1, 0.15) is 11.5 Å². The van der Waals surface area contributed by atoms with Crippen LogP contribution in [-0.4, -0.2) is 32.2 Å². The van der Waals surface area contributed by atoms with Crippen molar-refractivity contribution in [2.24, 2.45) is 0 Å². The van der Waals surface area contributed by atoms with E-state index in [1.54, 1.807) is 43.7 Å². The van der Waals surface area contributed by atoms with Gasteiger partial charge in [-0.05, 0) is 24.3 Å². The molecule has 2 rings (SSSR count). The summed E-state index contributed by atoms with van der Waals surface area (Å²) >= 11 is 0. The fourth-order valence-corrected chi connectivity index (χ4v) is 1.32. The quantitative estimate of drug-likeness (QED) is 0.469. The van der Waals surface area contributed by atoms with Gasteiger partial charge in [0.15, 0.2) is 0 Å². The SMILES string of the molecule is CN(C(=O)c1ccccn1)c1ccccn1.[O-][Cl+3]([O-])([O-])O.[O-][Cl+3]([O-])([O-])O. The van der Waals surface area contributed by atoms with Crippen molar-refractivity contribution in [1.29, 1.82) is 0 Å². The molecular weight excluding hydrogens is 401 g/mol. The number of halogens is 2. The number of anilines is 1. The summed E-state index contributed by atoms with van der Waals surface area (Å²) in [5, 5.41) is 0.